The summed E-state index contributed by atoms with van der Waals surface area (Å²) in [5.74, 6) is 0.657. The van der Waals surface area contributed by atoms with Crippen LogP contribution in [0.4, 0.5) is 0 Å². The van der Waals surface area contributed by atoms with Gasteiger partial charge in [-0.05, 0) is 48.9 Å². The molecule has 0 aliphatic heterocycles. The molecule has 0 radical (unpaired) electrons. The van der Waals surface area contributed by atoms with Gasteiger partial charge in [-0.15, -0.1) is 0 Å². The Bertz CT molecular complexity index is 347. The second-order valence-electron chi connectivity index (χ2n) is 7.47. The van der Waals surface area contributed by atoms with E-state index in [2.05, 4.69) is 53.4 Å². The van der Waals surface area contributed by atoms with Gasteiger partial charge in [-0.3, -0.25) is 0 Å². The van der Waals surface area contributed by atoms with Crippen molar-refractivity contribution in [3.63, 3.8) is 0 Å². The van der Waals surface area contributed by atoms with Gasteiger partial charge in [-0.25, -0.2) is 0 Å². The summed E-state index contributed by atoms with van der Waals surface area (Å²) in [6.07, 6.45) is 7.10. The van der Waals surface area contributed by atoms with Crippen LogP contribution in [-0.4, -0.2) is 14.9 Å². The molecule has 0 saturated heterocycles. The third-order valence-electron chi connectivity index (χ3n) is 4.66. The zero-order chi connectivity index (χ0) is 14.7. The first-order valence-electron chi connectivity index (χ1n) is 7.68. The van der Waals surface area contributed by atoms with Crippen molar-refractivity contribution >= 4 is 8.32 Å². The van der Waals surface area contributed by atoms with Gasteiger partial charge in [0.25, 0.3) is 0 Å². The van der Waals surface area contributed by atoms with Gasteiger partial charge in [-0.1, -0.05) is 52.3 Å². The summed E-state index contributed by atoms with van der Waals surface area (Å²) >= 11 is 0. The highest BCUT2D eigenvalue weighted by atomic mass is 28.4. The smallest absolute Gasteiger partial charge is 0.191 e. The molecule has 0 amide bonds. The molecule has 1 aliphatic carbocycles. The van der Waals surface area contributed by atoms with E-state index in [4.69, 9.17) is 4.43 Å². The molecular weight excluding hydrogens is 248 g/mol. The summed E-state index contributed by atoms with van der Waals surface area (Å²) in [6.45, 7) is 19.0. The Hall–Kier alpha value is -0.343. The second-order valence-corrected chi connectivity index (χ2v) is 12.3. The Morgan fingerprint density at radius 1 is 1.32 bits per heavy atom. The average molecular weight is 281 g/mol. The van der Waals surface area contributed by atoms with Crippen LogP contribution in [0.1, 0.15) is 53.4 Å². The van der Waals surface area contributed by atoms with Crippen LogP contribution in [0.3, 0.4) is 0 Å². The maximum Gasteiger partial charge on any atom is 0.191 e. The first-order valence-corrected chi connectivity index (χ1v) is 10.6. The third kappa shape index (κ3) is 4.61. The molecule has 0 aromatic rings. The van der Waals surface area contributed by atoms with Crippen LogP contribution >= 0.6 is 0 Å². The van der Waals surface area contributed by atoms with Gasteiger partial charge < -0.3 is 4.43 Å². The van der Waals surface area contributed by atoms with Crippen molar-refractivity contribution in [2.45, 2.75) is 71.5 Å². The SMILES string of the molecule is C=C1CC(CO[Si](C)(C)C(C)(C)C)C/C1=C\CCC. The molecule has 1 rings (SSSR count). The molecule has 0 spiro atoms. The van der Waals surface area contributed by atoms with Crippen molar-refractivity contribution in [3.05, 3.63) is 23.8 Å². The lowest BCUT2D eigenvalue weighted by atomic mass is 10.1. The monoisotopic (exact) mass is 280 g/mol. The Morgan fingerprint density at radius 2 is 1.95 bits per heavy atom. The largest absolute Gasteiger partial charge is 0.417 e. The summed E-state index contributed by atoms with van der Waals surface area (Å²) in [4.78, 5) is 0. The fourth-order valence-corrected chi connectivity index (χ4v) is 3.30. The Kier molecular flexibility index (Phi) is 5.63. The van der Waals surface area contributed by atoms with Crippen LogP contribution in [0.2, 0.25) is 18.1 Å². The molecule has 1 atom stereocenters. The minimum atomic E-state index is -1.59. The first-order chi connectivity index (χ1) is 8.67. The fraction of sp³-hybridized carbons (Fsp3) is 0.765. The fourth-order valence-electron chi connectivity index (χ4n) is 2.21. The summed E-state index contributed by atoms with van der Waals surface area (Å²) in [7, 11) is -1.59. The molecule has 0 heterocycles. The van der Waals surface area contributed by atoms with Crippen LogP contribution in [-0.2, 0) is 4.43 Å². The predicted molar refractivity (Wildman–Crippen MR) is 88.0 cm³/mol. The number of allylic oxidation sites excluding steroid dienone is 3. The molecule has 1 aliphatic rings. The highest BCUT2D eigenvalue weighted by Gasteiger charge is 2.38. The average Bonchev–Trinajstić information content (AvgIpc) is 2.63. The van der Waals surface area contributed by atoms with Crippen molar-refractivity contribution in [2.24, 2.45) is 5.92 Å². The van der Waals surface area contributed by atoms with Crippen LogP contribution in [0.15, 0.2) is 23.8 Å². The maximum atomic E-state index is 6.35. The zero-order valence-electron chi connectivity index (χ0n) is 13.8. The highest BCUT2D eigenvalue weighted by molar-refractivity contribution is 6.74. The Morgan fingerprint density at radius 3 is 2.47 bits per heavy atom. The maximum absolute atomic E-state index is 6.35. The van der Waals surface area contributed by atoms with Crippen LogP contribution in [0, 0.1) is 5.92 Å². The summed E-state index contributed by atoms with van der Waals surface area (Å²) in [5, 5.41) is 0.309. The minimum Gasteiger partial charge on any atom is -0.417 e. The number of hydrogen-bond donors (Lipinski definition) is 0. The number of hydrogen-bond acceptors (Lipinski definition) is 1. The van der Waals surface area contributed by atoms with E-state index in [0.717, 1.165) is 13.0 Å². The summed E-state index contributed by atoms with van der Waals surface area (Å²) < 4.78 is 6.35. The van der Waals surface area contributed by atoms with Gasteiger partial charge in [0.2, 0.25) is 0 Å². The van der Waals surface area contributed by atoms with Gasteiger partial charge in [-0.2, -0.15) is 0 Å². The number of unbranched alkanes of at least 4 members (excludes halogenated alkanes) is 1. The van der Waals surface area contributed by atoms with E-state index in [-0.39, 0.29) is 0 Å². The predicted octanol–water partition coefficient (Wildman–Crippen LogP) is 5.70. The van der Waals surface area contributed by atoms with Crippen molar-refractivity contribution < 1.29 is 4.43 Å². The molecular formula is C17H32OSi. The van der Waals surface area contributed by atoms with E-state index in [9.17, 15) is 0 Å². The molecule has 110 valence electrons. The first kappa shape index (κ1) is 16.7. The molecule has 0 bridgehead atoms. The standard InChI is InChI=1S/C17H32OSi/c1-8-9-10-16-12-15(11-14(16)2)13-18-19(6,7)17(3,4)5/h10,15H,2,8-9,11-13H2,1,3-7H3/b16-10+. The topological polar surface area (TPSA) is 9.23 Å². The molecule has 19 heavy (non-hydrogen) atoms. The molecule has 1 fully saturated rings. The van der Waals surface area contributed by atoms with Gasteiger partial charge in [0, 0.05) is 6.61 Å². The molecule has 0 N–H and O–H groups in total. The van der Waals surface area contributed by atoms with Crippen molar-refractivity contribution in [1.82, 2.24) is 0 Å². The zero-order valence-corrected chi connectivity index (χ0v) is 14.8. The van der Waals surface area contributed by atoms with Crippen LogP contribution in [0.5, 0.6) is 0 Å². The minimum absolute atomic E-state index is 0.309. The second kappa shape index (κ2) is 6.40. The summed E-state index contributed by atoms with van der Waals surface area (Å²) in [6, 6.07) is 0. The lowest BCUT2D eigenvalue weighted by molar-refractivity contribution is 0.234. The molecule has 1 saturated carbocycles. The lowest BCUT2D eigenvalue weighted by Crippen LogP contribution is -2.41. The number of rotatable bonds is 5. The van der Waals surface area contributed by atoms with E-state index >= 15 is 0 Å². The Balaban J connectivity index is 2.51. The molecule has 1 nitrogen and oxygen atoms in total. The molecule has 0 aromatic heterocycles. The van der Waals surface area contributed by atoms with E-state index in [0.29, 0.717) is 11.0 Å². The lowest BCUT2D eigenvalue weighted by Gasteiger charge is -2.36. The van der Waals surface area contributed by atoms with Crippen molar-refractivity contribution in [2.75, 3.05) is 6.61 Å². The van der Waals surface area contributed by atoms with Crippen molar-refractivity contribution in [1.29, 1.82) is 0 Å². The third-order valence-corrected chi connectivity index (χ3v) is 9.16. The van der Waals surface area contributed by atoms with Crippen molar-refractivity contribution in [3.8, 4) is 0 Å². The normalized spacial score (nSPS) is 23.4. The van der Waals surface area contributed by atoms with E-state index in [1.54, 1.807) is 0 Å². The van der Waals surface area contributed by atoms with Gasteiger partial charge >= 0.3 is 0 Å². The quantitative estimate of drug-likeness (QED) is 0.587. The summed E-state index contributed by atoms with van der Waals surface area (Å²) in [5.41, 5.74) is 2.84. The van der Waals surface area contributed by atoms with E-state index in [1.165, 1.54) is 30.4 Å². The Labute approximate surface area is 121 Å². The van der Waals surface area contributed by atoms with Gasteiger partial charge in [0.15, 0.2) is 8.32 Å². The molecule has 0 aromatic carbocycles. The van der Waals surface area contributed by atoms with Crippen LogP contribution in [0.25, 0.3) is 0 Å². The highest BCUT2D eigenvalue weighted by Crippen LogP contribution is 2.39. The molecule has 1 unspecified atom stereocenters. The van der Waals surface area contributed by atoms with Crippen LogP contribution < -0.4 is 0 Å². The molecule has 2 heteroatoms. The van der Waals surface area contributed by atoms with Gasteiger partial charge in [0.05, 0.1) is 0 Å². The van der Waals surface area contributed by atoms with E-state index < -0.39 is 8.32 Å². The van der Waals surface area contributed by atoms with E-state index in [1.807, 2.05) is 0 Å². The van der Waals surface area contributed by atoms with Gasteiger partial charge in [0.1, 0.15) is 0 Å².